The van der Waals surface area contributed by atoms with Crippen LogP contribution in [0.3, 0.4) is 0 Å². The van der Waals surface area contributed by atoms with Gasteiger partial charge in [-0.05, 0) is 36.7 Å². The Balaban J connectivity index is 1.95. The molecule has 0 unspecified atom stereocenters. The third kappa shape index (κ3) is 2.38. The van der Waals surface area contributed by atoms with Crippen molar-refractivity contribution in [3.8, 4) is 0 Å². The Morgan fingerprint density at radius 2 is 1.79 bits per heavy atom. The Morgan fingerprint density at radius 1 is 1.14 bits per heavy atom. The summed E-state index contributed by atoms with van der Waals surface area (Å²) < 4.78 is 0. The van der Waals surface area contributed by atoms with Crippen LogP contribution in [0.2, 0.25) is 0 Å². The summed E-state index contributed by atoms with van der Waals surface area (Å²) in [4.78, 5) is 9.86. The molecular weight excluding hydrogens is 192 g/mol. The molecule has 1 aromatic carbocycles. The van der Waals surface area contributed by atoms with E-state index in [0.717, 1.165) is 5.56 Å². The highest BCUT2D eigenvalue weighted by Gasteiger charge is 2.23. The van der Waals surface area contributed by atoms with Crippen molar-refractivity contribution < 1.29 is 4.79 Å². The summed E-state index contributed by atoms with van der Waals surface area (Å²) >= 11 is 1.63. The molecular formula is C12H15OS+. The van der Waals surface area contributed by atoms with E-state index in [1.807, 2.05) is 30.3 Å². The van der Waals surface area contributed by atoms with Crippen LogP contribution < -0.4 is 0 Å². The molecule has 14 heavy (non-hydrogen) atoms. The monoisotopic (exact) mass is 207 g/mol. The lowest BCUT2D eigenvalue weighted by atomic mass is 10.2. The van der Waals surface area contributed by atoms with Crippen LogP contribution in [0.15, 0.2) is 30.3 Å². The predicted octanol–water partition coefficient (Wildman–Crippen LogP) is 3.21. The zero-order valence-corrected chi connectivity index (χ0v) is 8.96. The molecule has 0 bridgehead atoms. The van der Waals surface area contributed by atoms with E-state index in [-0.39, 0.29) is 0 Å². The van der Waals surface area contributed by atoms with Gasteiger partial charge < -0.3 is 0 Å². The Morgan fingerprint density at radius 3 is 2.43 bits per heavy atom. The number of hydrogen-bond donors (Lipinski definition) is 0. The Labute approximate surface area is 88.9 Å². The van der Waals surface area contributed by atoms with E-state index in [1.54, 1.807) is 11.8 Å². The normalized spacial score (nSPS) is 17.1. The molecule has 0 radical (unpaired) electrons. The first-order chi connectivity index (χ1) is 6.86. The Hall–Kier alpha value is -0.760. The van der Waals surface area contributed by atoms with Crippen LogP contribution in [0.4, 0.5) is 0 Å². The minimum Gasteiger partial charge on any atom is -0.267 e. The molecule has 2 rings (SSSR count). The number of benzene rings is 1. The van der Waals surface area contributed by atoms with Crippen molar-refractivity contribution in [2.45, 2.75) is 30.9 Å². The second-order valence-electron chi connectivity index (χ2n) is 3.70. The van der Waals surface area contributed by atoms with E-state index >= 15 is 0 Å². The van der Waals surface area contributed by atoms with Gasteiger partial charge in [0.05, 0.1) is 5.56 Å². The lowest BCUT2D eigenvalue weighted by molar-refractivity contribution is 0.688. The van der Waals surface area contributed by atoms with Gasteiger partial charge in [0, 0.05) is 5.25 Å². The Bertz CT molecular complexity index is 301. The molecule has 1 fully saturated rings. The zero-order valence-electron chi connectivity index (χ0n) is 8.15. The molecule has 1 nitrogen and oxygen atoms in total. The van der Waals surface area contributed by atoms with Gasteiger partial charge in [-0.15, -0.1) is 0 Å². The summed E-state index contributed by atoms with van der Waals surface area (Å²) in [5, 5.41) is 1.12. The maximum atomic E-state index is 9.86. The van der Waals surface area contributed by atoms with Gasteiger partial charge in [-0.25, -0.2) is 0 Å². The summed E-state index contributed by atoms with van der Waals surface area (Å²) in [5.41, 5.74) is 0.949. The highest BCUT2D eigenvalue weighted by atomic mass is 32.2. The first-order valence-electron chi connectivity index (χ1n) is 5.14. The largest absolute Gasteiger partial charge is 0.382 e. The first kappa shape index (κ1) is 9.78. The zero-order chi connectivity index (χ0) is 9.80. The topological polar surface area (TPSA) is 21.4 Å². The van der Waals surface area contributed by atoms with Gasteiger partial charge in [0.15, 0.2) is 0 Å². The van der Waals surface area contributed by atoms with Crippen molar-refractivity contribution in [2.75, 3.05) is 0 Å². The summed E-state index contributed by atoms with van der Waals surface area (Å²) in [5.74, 6) is 0. The fourth-order valence-electron chi connectivity index (χ4n) is 1.81. The fraction of sp³-hybridized carbons (Fsp3) is 0.417. The van der Waals surface area contributed by atoms with Crippen LogP contribution in [0, 0.1) is 0 Å². The van der Waals surface area contributed by atoms with Gasteiger partial charge in [0.25, 0.3) is 0 Å². The van der Waals surface area contributed by atoms with Crippen molar-refractivity contribution in [3.63, 3.8) is 0 Å². The second-order valence-corrected chi connectivity index (χ2v) is 4.98. The van der Waals surface area contributed by atoms with Crippen LogP contribution in [0.5, 0.6) is 0 Å². The number of carbonyl (C=O) groups excluding carboxylic acids is 1. The minimum absolute atomic E-state index is 0.484. The maximum Gasteiger partial charge on any atom is 0.382 e. The van der Waals surface area contributed by atoms with E-state index in [0.29, 0.717) is 10.4 Å². The van der Waals surface area contributed by atoms with Crippen LogP contribution in [-0.4, -0.2) is 15.2 Å². The molecule has 0 saturated heterocycles. The summed E-state index contributed by atoms with van der Waals surface area (Å²) in [6.07, 6.45) is 5.14. The van der Waals surface area contributed by atoms with Gasteiger partial charge in [-0.3, -0.25) is 4.79 Å². The highest BCUT2D eigenvalue weighted by molar-refractivity contribution is 8.14. The van der Waals surface area contributed by atoms with E-state index in [1.165, 1.54) is 25.7 Å². The molecule has 0 heterocycles. The van der Waals surface area contributed by atoms with Crippen LogP contribution in [0.1, 0.15) is 31.2 Å². The summed E-state index contributed by atoms with van der Waals surface area (Å²) in [6.45, 7) is 0. The number of thioether (sulfide) groups is 1. The highest BCUT2D eigenvalue weighted by Crippen LogP contribution is 2.31. The van der Waals surface area contributed by atoms with Gasteiger partial charge in [-0.2, -0.15) is 0 Å². The minimum atomic E-state index is 0.484. The smallest absolute Gasteiger partial charge is 0.267 e. The van der Waals surface area contributed by atoms with Gasteiger partial charge in [0.1, 0.15) is 0 Å². The Kier molecular flexibility index (Phi) is 3.25. The molecule has 0 aliphatic heterocycles. The molecule has 2 heteroatoms. The van der Waals surface area contributed by atoms with Gasteiger partial charge >= 0.3 is 5.12 Å². The van der Waals surface area contributed by atoms with Crippen LogP contribution in [0.25, 0.3) is 0 Å². The van der Waals surface area contributed by atoms with Crippen molar-refractivity contribution in [1.82, 2.24) is 0 Å². The van der Waals surface area contributed by atoms with E-state index in [2.05, 4.69) is 0 Å². The maximum absolute atomic E-state index is 9.86. The lowest BCUT2D eigenvalue weighted by Crippen LogP contribution is -2.03. The quantitative estimate of drug-likeness (QED) is 0.682. The van der Waals surface area contributed by atoms with Gasteiger partial charge in [-0.1, -0.05) is 31.0 Å². The molecule has 0 aromatic heterocycles. The second kappa shape index (κ2) is 4.65. The lowest BCUT2D eigenvalue weighted by Gasteiger charge is -2.02. The van der Waals surface area contributed by atoms with Crippen molar-refractivity contribution in [1.29, 1.82) is 0 Å². The average Bonchev–Trinajstić information content (AvgIpc) is 2.72. The first-order valence-corrected chi connectivity index (χ1v) is 6.02. The number of rotatable bonds is 2. The average molecular weight is 207 g/mol. The molecule has 0 atom stereocenters. The van der Waals surface area contributed by atoms with Crippen molar-refractivity contribution >= 4 is 16.9 Å². The standard InChI is InChI=1S/C12H14OS/c13-12(10-6-2-1-3-7-10)14-11-8-4-5-9-11/h1-3,6-7,11H,4-5,8-9H2/p+1. The molecule has 1 aromatic rings. The summed E-state index contributed by atoms with van der Waals surface area (Å²) in [6, 6.07) is 9.80. The van der Waals surface area contributed by atoms with Crippen LogP contribution >= 0.6 is 11.8 Å². The van der Waals surface area contributed by atoms with Crippen molar-refractivity contribution in [3.05, 3.63) is 35.9 Å². The fourth-order valence-corrected chi connectivity index (χ4v) is 2.97. The third-order valence-electron chi connectivity index (χ3n) is 2.60. The predicted molar refractivity (Wildman–Crippen MR) is 62.3 cm³/mol. The molecule has 1 saturated carbocycles. The van der Waals surface area contributed by atoms with Gasteiger partial charge in [0.2, 0.25) is 0 Å². The molecule has 1 N–H and O–H groups in total. The molecule has 0 amide bonds. The number of hydrogen-bond acceptors (Lipinski definition) is 1. The van der Waals surface area contributed by atoms with E-state index < -0.39 is 0 Å². The van der Waals surface area contributed by atoms with Crippen molar-refractivity contribution in [2.24, 2.45) is 0 Å². The molecule has 0 spiro atoms. The SMILES string of the molecule is [OH+]=C(SC1CCCC1)c1ccccc1. The molecule has 1 aliphatic rings. The molecule has 74 valence electrons. The van der Waals surface area contributed by atoms with E-state index in [9.17, 15) is 4.79 Å². The summed E-state index contributed by atoms with van der Waals surface area (Å²) in [7, 11) is 0. The third-order valence-corrected chi connectivity index (χ3v) is 3.86. The van der Waals surface area contributed by atoms with Crippen LogP contribution in [-0.2, 0) is 0 Å². The molecule has 1 aliphatic carbocycles. The van der Waals surface area contributed by atoms with E-state index in [4.69, 9.17) is 0 Å².